The van der Waals surface area contributed by atoms with Crippen LogP contribution in [0.3, 0.4) is 0 Å². The Kier molecular flexibility index (Phi) is 6.20. The highest BCUT2D eigenvalue weighted by molar-refractivity contribution is 6.10. The highest BCUT2D eigenvalue weighted by Crippen LogP contribution is 2.56. The summed E-state index contributed by atoms with van der Waals surface area (Å²) < 4.78 is 6.61. The first-order chi connectivity index (χ1) is 24.6. The molecular weight excluding hydrogens is 619 g/mol. The standard InChI is InChI=1S/C49H41NO/c1-29(2)30-18-21-33(22-19-30)50(45-16-11-14-37-36-13-8-10-17-46(36)51-47(37)45)34-23-20-31-25-38-40-28-43-39(35-12-7-9-15-41(35)48(43,3)4)27-44(40)49(5,6)42(38)26-32(31)24-34/h7-29H,1-6H3. The molecular formula is C49H41NO. The number of nitrogens with zero attached hydrogens (tertiary/aromatic N) is 1. The van der Waals surface area contributed by atoms with Crippen LogP contribution in [0.25, 0.3) is 55.0 Å². The molecule has 0 spiro atoms. The van der Waals surface area contributed by atoms with E-state index in [1.807, 2.05) is 6.07 Å². The van der Waals surface area contributed by atoms with Gasteiger partial charge in [-0.2, -0.15) is 0 Å². The maximum atomic E-state index is 6.61. The highest BCUT2D eigenvalue weighted by atomic mass is 16.3. The van der Waals surface area contributed by atoms with Crippen LogP contribution in [0.1, 0.15) is 75.3 Å². The number of furan rings is 1. The van der Waals surface area contributed by atoms with Crippen LogP contribution in [0, 0.1) is 0 Å². The maximum absolute atomic E-state index is 6.61. The quantitative estimate of drug-likeness (QED) is 0.187. The molecule has 0 saturated heterocycles. The van der Waals surface area contributed by atoms with Crippen LogP contribution in [0.5, 0.6) is 0 Å². The zero-order valence-electron chi connectivity index (χ0n) is 30.1. The van der Waals surface area contributed by atoms with Gasteiger partial charge in [-0.05, 0) is 127 Å². The zero-order chi connectivity index (χ0) is 34.8. The Morgan fingerprint density at radius 3 is 1.90 bits per heavy atom. The first-order valence-electron chi connectivity index (χ1n) is 18.3. The minimum absolute atomic E-state index is 0.0286. The predicted molar refractivity (Wildman–Crippen MR) is 215 cm³/mol. The van der Waals surface area contributed by atoms with E-state index >= 15 is 0 Å². The second-order valence-corrected chi connectivity index (χ2v) is 16.0. The van der Waals surface area contributed by atoms with E-state index in [9.17, 15) is 0 Å². The van der Waals surface area contributed by atoms with Gasteiger partial charge in [-0.1, -0.05) is 114 Å². The largest absolute Gasteiger partial charge is 0.454 e. The van der Waals surface area contributed by atoms with Gasteiger partial charge in [0.05, 0.1) is 5.69 Å². The van der Waals surface area contributed by atoms with Crippen molar-refractivity contribution in [3.8, 4) is 22.3 Å². The summed E-state index contributed by atoms with van der Waals surface area (Å²) in [5.41, 5.74) is 17.4. The van der Waals surface area contributed by atoms with Gasteiger partial charge in [0.2, 0.25) is 0 Å². The van der Waals surface area contributed by atoms with Gasteiger partial charge in [-0.15, -0.1) is 0 Å². The van der Waals surface area contributed by atoms with E-state index in [-0.39, 0.29) is 10.8 Å². The summed E-state index contributed by atoms with van der Waals surface area (Å²) >= 11 is 0. The normalized spacial score (nSPS) is 15.0. The average molecular weight is 660 g/mol. The summed E-state index contributed by atoms with van der Waals surface area (Å²) in [6.45, 7) is 14.0. The third-order valence-electron chi connectivity index (χ3n) is 12.0. The lowest BCUT2D eigenvalue weighted by atomic mass is 9.79. The van der Waals surface area contributed by atoms with Gasteiger partial charge >= 0.3 is 0 Å². The molecule has 0 bridgehead atoms. The van der Waals surface area contributed by atoms with Gasteiger partial charge in [-0.3, -0.25) is 0 Å². The first kappa shape index (κ1) is 30.2. The molecule has 2 aliphatic rings. The SMILES string of the molecule is CC(C)c1ccc(N(c2ccc3cc4c(cc3c2)C(C)(C)c2cc3c(cc2-4)C(C)(C)c2ccccc2-3)c2cccc3c2oc2ccccc23)cc1. The van der Waals surface area contributed by atoms with E-state index in [1.165, 1.54) is 60.8 Å². The molecule has 0 unspecified atom stereocenters. The first-order valence-corrected chi connectivity index (χ1v) is 18.3. The van der Waals surface area contributed by atoms with E-state index in [1.54, 1.807) is 0 Å². The van der Waals surface area contributed by atoms with Crippen molar-refractivity contribution in [2.45, 2.75) is 58.3 Å². The van der Waals surface area contributed by atoms with Gasteiger partial charge in [-0.25, -0.2) is 0 Å². The number of anilines is 3. The van der Waals surface area contributed by atoms with Crippen LogP contribution in [0.4, 0.5) is 17.1 Å². The number of benzene rings is 7. The number of hydrogen-bond acceptors (Lipinski definition) is 2. The molecule has 10 rings (SSSR count). The summed E-state index contributed by atoms with van der Waals surface area (Å²) in [6, 6.07) is 49.7. The van der Waals surface area contributed by atoms with E-state index in [0.717, 1.165) is 39.0 Å². The van der Waals surface area contributed by atoms with Crippen molar-refractivity contribution in [3.05, 3.63) is 161 Å². The molecule has 2 nitrogen and oxygen atoms in total. The second-order valence-electron chi connectivity index (χ2n) is 16.0. The van der Waals surface area contributed by atoms with Crippen LogP contribution < -0.4 is 4.90 Å². The van der Waals surface area contributed by atoms with Crippen LogP contribution >= 0.6 is 0 Å². The Hall–Kier alpha value is -5.60. The number of fused-ring (bicyclic) bond motifs is 10. The van der Waals surface area contributed by atoms with Crippen LogP contribution in [-0.2, 0) is 10.8 Å². The van der Waals surface area contributed by atoms with Crippen molar-refractivity contribution < 1.29 is 4.42 Å². The Morgan fingerprint density at radius 2 is 1.12 bits per heavy atom. The van der Waals surface area contributed by atoms with Crippen LogP contribution in [0.2, 0.25) is 0 Å². The molecule has 7 aromatic carbocycles. The number of rotatable bonds is 4. The molecule has 1 heterocycles. The minimum atomic E-state index is -0.127. The molecule has 2 heteroatoms. The molecule has 0 saturated carbocycles. The Bertz CT molecular complexity index is 2720. The molecule has 51 heavy (non-hydrogen) atoms. The van der Waals surface area contributed by atoms with E-state index in [0.29, 0.717) is 5.92 Å². The van der Waals surface area contributed by atoms with Crippen molar-refractivity contribution in [2.75, 3.05) is 4.90 Å². The van der Waals surface area contributed by atoms with E-state index in [4.69, 9.17) is 4.42 Å². The van der Waals surface area contributed by atoms with Crippen molar-refractivity contribution >= 4 is 49.8 Å². The molecule has 248 valence electrons. The average Bonchev–Trinajstić information content (AvgIpc) is 3.70. The van der Waals surface area contributed by atoms with Gasteiger partial charge in [0.15, 0.2) is 5.58 Å². The van der Waals surface area contributed by atoms with Crippen molar-refractivity contribution in [1.29, 1.82) is 0 Å². The fraction of sp³-hybridized carbons (Fsp3) is 0.184. The minimum Gasteiger partial charge on any atom is -0.454 e. The second kappa shape index (κ2) is 10.5. The number of para-hydroxylation sites is 2. The molecule has 0 N–H and O–H groups in total. The Balaban J connectivity index is 1.15. The lowest BCUT2D eigenvalue weighted by Crippen LogP contribution is -2.17. The Morgan fingerprint density at radius 1 is 0.490 bits per heavy atom. The number of hydrogen-bond donors (Lipinski definition) is 0. The van der Waals surface area contributed by atoms with Crippen molar-refractivity contribution in [1.82, 2.24) is 0 Å². The molecule has 8 aromatic rings. The highest BCUT2D eigenvalue weighted by Gasteiger charge is 2.41. The zero-order valence-corrected chi connectivity index (χ0v) is 30.1. The summed E-state index contributed by atoms with van der Waals surface area (Å²) in [6.07, 6.45) is 0. The third kappa shape index (κ3) is 4.23. The molecule has 0 amide bonds. The summed E-state index contributed by atoms with van der Waals surface area (Å²) in [4.78, 5) is 2.37. The summed E-state index contributed by atoms with van der Waals surface area (Å²) in [5, 5.41) is 4.76. The molecule has 0 aliphatic heterocycles. The van der Waals surface area contributed by atoms with Crippen LogP contribution in [-0.4, -0.2) is 0 Å². The third-order valence-corrected chi connectivity index (χ3v) is 12.0. The lowest BCUT2D eigenvalue weighted by Gasteiger charge is -2.27. The molecule has 0 fully saturated rings. The molecule has 0 radical (unpaired) electrons. The van der Waals surface area contributed by atoms with Crippen LogP contribution in [0.15, 0.2) is 138 Å². The van der Waals surface area contributed by atoms with Crippen molar-refractivity contribution in [2.24, 2.45) is 0 Å². The van der Waals surface area contributed by atoms with Gasteiger partial charge in [0.25, 0.3) is 0 Å². The maximum Gasteiger partial charge on any atom is 0.159 e. The molecule has 0 atom stereocenters. The predicted octanol–water partition coefficient (Wildman–Crippen LogP) is 13.9. The topological polar surface area (TPSA) is 16.4 Å². The fourth-order valence-corrected chi connectivity index (χ4v) is 9.14. The lowest BCUT2D eigenvalue weighted by molar-refractivity contribution is 0.652. The summed E-state index contributed by atoms with van der Waals surface area (Å²) in [7, 11) is 0. The fourth-order valence-electron chi connectivity index (χ4n) is 9.14. The summed E-state index contributed by atoms with van der Waals surface area (Å²) in [5.74, 6) is 0.462. The van der Waals surface area contributed by atoms with Crippen molar-refractivity contribution in [3.63, 3.8) is 0 Å². The van der Waals surface area contributed by atoms with E-state index < -0.39 is 0 Å². The molecule has 2 aliphatic carbocycles. The van der Waals surface area contributed by atoms with E-state index in [2.05, 4.69) is 174 Å². The molecule has 1 aromatic heterocycles. The van der Waals surface area contributed by atoms with Gasteiger partial charge in [0.1, 0.15) is 5.58 Å². The monoisotopic (exact) mass is 659 g/mol. The van der Waals surface area contributed by atoms with Gasteiger partial charge < -0.3 is 9.32 Å². The smallest absolute Gasteiger partial charge is 0.159 e. The Labute approximate surface area is 300 Å². The van der Waals surface area contributed by atoms with Gasteiger partial charge in [0, 0.05) is 33.0 Å².